The van der Waals surface area contributed by atoms with Crippen molar-refractivity contribution in [1.29, 1.82) is 0 Å². The average Bonchev–Trinajstić information content (AvgIpc) is 2.56. The predicted octanol–water partition coefficient (Wildman–Crippen LogP) is 3.73. The predicted molar refractivity (Wildman–Crippen MR) is 95.7 cm³/mol. The number of carbonyl (C=O) groups excluding carboxylic acids is 2. The van der Waals surface area contributed by atoms with Crippen LogP contribution in [-0.2, 0) is 9.59 Å². The fraction of sp³-hybridized carbons (Fsp3) is 0.176. The molecule has 2 aromatic carbocycles. The molecule has 0 spiro atoms. The molecule has 0 aliphatic carbocycles. The summed E-state index contributed by atoms with van der Waals surface area (Å²) in [6.45, 7) is 1.38. The van der Waals surface area contributed by atoms with Crippen molar-refractivity contribution < 1.29 is 19.1 Å². The minimum absolute atomic E-state index is 0.333. The number of anilines is 2. The number of benzene rings is 2. The summed E-state index contributed by atoms with van der Waals surface area (Å²) in [4.78, 5) is 25.2. The van der Waals surface area contributed by atoms with Gasteiger partial charge in [-0.05, 0) is 43.3 Å². The van der Waals surface area contributed by atoms with Gasteiger partial charge in [-0.3, -0.25) is 9.59 Å². The van der Waals surface area contributed by atoms with Crippen LogP contribution in [0.5, 0.6) is 11.5 Å². The highest BCUT2D eigenvalue weighted by molar-refractivity contribution is 6.31. The molecular formula is C17H14Cl2N2O4. The highest BCUT2D eigenvalue weighted by Gasteiger charge is 2.47. The topological polar surface area (TPSA) is 76.7 Å². The molecule has 2 amide bonds. The Bertz CT molecular complexity index is 872. The molecule has 0 bridgehead atoms. The van der Waals surface area contributed by atoms with E-state index < -0.39 is 17.4 Å². The minimum atomic E-state index is -1.77. The average molecular weight is 381 g/mol. The van der Waals surface area contributed by atoms with Crippen molar-refractivity contribution in [2.45, 2.75) is 12.5 Å². The van der Waals surface area contributed by atoms with E-state index in [0.717, 1.165) is 0 Å². The van der Waals surface area contributed by atoms with E-state index in [1.54, 1.807) is 30.3 Å². The number of hydrogen-bond donors (Lipinski definition) is 2. The molecule has 1 heterocycles. The first kappa shape index (κ1) is 17.4. The van der Waals surface area contributed by atoms with Crippen LogP contribution in [0.3, 0.4) is 0 Å². The van der Waals surface area contributed by atoms with Gasteiger partial charge in [0, 0.05) is 10.0 Å². The summed E-state index contributed by atoms with van der Waals surface area (Å²) in [6.07, 6.45) is 0. The third-order valence-corrected chi connectivity index (χ3v) is 4.25. The van der Waals surface area contributed by atoms with Gasteiger partial charge < -0.3 is 20.1 Å². The van der Waals surface area contributed by atoms with Crippen LogP contribution >= 0.6 is 23.2 Å². The third kappa shape index (κ3) is 3.23. The van der Waals surface area contributed by atoms with Gasteiger partial charge in [0.25, 0.3) is 17.4 Å². The number of methoxy groups -OCH3 is 1. The van der Waals surface area contributed by atoms with Crippen molar-refractivity contribution in [2.75, 3.05) is 17.7 Å². The van der Waals surface area contributed by atoms with E-state index in [1.165, 1.54) is 20.1 Å². The summed E-state index contributed by atoms with van der Waals surface area (Å²) in [5.74, 6) is -0.517. The lowest BCUT2D eigenvalue weighted by atomic mass is 10.0. The Balaban J connectivity index is 1.90. The molecule has 8 heteroatoms. The molecule has 0 saturated heterocycles. The van der Waals surface area contributed by atoms with Gasteiger partial charge in [0.1, 0.15) is 11.5 Å². The van der Waals surface area contributed by atoms with Crippen LogP contribution in [0.15, 0.2) is 36.4 Å². The van der Waals surface area contributed by atoms with Crippen molar-refractivity contribution in [2.24, 2.45) is 0 Å². The Morgan fingerprint density at radius 1 is 1.20 bits per heavy atom. The number of halogens is 2. The molecule has 6 nitrogen and oxygen atoms in total. The lowest BCUT2D eigenvalue weighted by molar-refractivity contribution is -0.143. The van der Waals surface area contributed by atoms with E-state index in [0.29, 0.717) is 32.9 Å². The van der Waals surface area contributed by atoms with E-state index in [4.69, 9.17) is 32.7 Å². The molecule has 1 unspecified atom stereocenters. The molecule has 0 radical (unpaired) electrons. The van der Waals surface area contributed by atoms with Gasteiger partial charge in [0.2, 0.25) is 0 Å². The molecule has 1 aliphatic heterocycles. The molecular weight excluding hydrogens is 367 g/mol. The SMILES string of the molecule is COc1ccc(Cl)cc1NC(=O)C1(C)Oc2ccc(Cl)cc2NC1=O. The molecule has 1 aliphatic rings. The molecule has 1 atom stereocenters. The second kappa shape index (κ2) is 6.46. The number of nitrogens with one attached hydrogen (secondary N) is 2. The Morgan fingerprint density at radius 2 is 1.88 bits per heavy atom. The van der Waals surface area contributed by atoms with Crippen molar-refractivity contribution in [3.63, 3.8) is 0 Å². The maximum absolute atomic E-state index is 12.7. The van der Waals surface area contributed by atoms with Gasteiger partial charge in [0.05, 0.1) is 18.5 Å². The summed E-state index contributed by atoms with van der Waals surface area (Å²) in [7, 11) is 1.46. The van der Waals surface area contributed by atoms with Crippen molar-refractivity contribution >= 4 is 46.4 Å². The fourth-order valence-corrected chi connectivity index (χ4v) is 2.71. The van der Waals surface area contributed by atoms with Crippen molar-refractivity contribution in [1.82, 2.24) is 0 Å². The maximum atomic E-state index is 12.7. The number of fused-ring (bicyclic) bond motifs is 1. The van der Waals surface area contributed by atoms with Crippen molar-refractivity contribution in [3.8, 4) is 11.5 Å². The summed E-state index contributed by atoms with van der Waals surface area (Å²) in [5, 5.41) is 6.11. The summed E-state index contributed by atoms with van der Waals surface area (Å²) in [5.41, 5.74) is -1.03. The molecule has 0 aromatic heterocycles. The highest BCUT2D eigenvalue weighted by Crippen LogP contribution is 2.36. The lowest BCUT2D eigenvalue weighted by Crippen LogP contribution is -2.56. The maximum Gasteiger partial charge on any atom is 0.278 e. The first-order chi connectivity index (χ1) is 11.8. The largest absolute Gasteiger partial charge is 0.495 e. The number of carbonyl (C=O) groups is 2. The van der Waals surface area contributed by atoms with Crippen LogP contribution in [-0.4, -0.2) is 24.5 Å². The fourth-order valence-electron chi connectivity index (χ4n) is 2.37. The summed E-state index contributed by atoms with van der Waals surface area (Å²) >= 11 is 11.9. The number of rotatable bonds is 3. The zero-order valence-electron chi connectivity index (χ0n) is 13.4. The van der Waals surface area contributed by atoms with E-state index >= 15 is 0 Å². The minimum Gasteiger partial charge on any atom is -0.495 e. The molecule has 25 heavy (non-hydrogen) atoms. The third-order valence-electron chi connectivity index (χ3n) is 3.78. The second-order valence-electron chi connectivity index (χ2n) is 5.53. The Kier molecular flexibility index (Phi) is 4.49. The molecule has 130 valence electrons. The standard InChI is InChI=1S/C17H14Cl2N2O4/c1-17(15(22)20-11-7-9(18)3-5-13(11)24-2)16(23)21-12-8-10(19)4-6-14(12)25-17/h3-8H,1-2H3,(H,20,22)(H,21,23). The lowest BCUT2D eigenvalue weighted by Gasteiger charge is -2.33. The first-order valence-electron chi connectivity index (χ1n) is 7.28. The zero-order valence-corrected chi connectivity index (χ0v) is 14.9. The van der Waals surface area contributed by atoms with Gasteiger partial charge in [-0.25, -0.2) is 0 Å². The number of ether oxygens (including phenoxy) is 2. The summed E-state index contributed by atoms with van der Waals surface area (Å²) < 4.78 is 10.9. The van der Waals surface area contributed by atoms with Crippen LogP contribution < -0.4 is 20.1 Å². The van der Waals surface area contributed by atoms with Crippen LogP contribution in [0.1, 0.15) is 6.92 Å². The second-order valence-corrected chi connectivity index (χ2v) is 6.40. The molecule has 0 saturated carbocycles. The van der Waals surface area contributed by atoms with Crippen LogP contribution in [0.2, 0.25) is 10.0 Å². The number of hydrogen-bond acceptors (Lipinski definition) is 4. The van der Waals surface area contributed by atoms with Crippen molar-refractivity contribution in [3.05, 3.63) is 46.4 Å². The van der Waals surface area contributed by atoms with E-state index in [-0.39, 0.29) is 0 Å². The van der Waals surface area contributed by atoms with Crippen LogP contribution in [0.25, 0.3) is 0 Å². The van der Waals surface area contributed by atoms with E-state index in [2.05, 4.69) is 10.6 Å². The highest BCUT2D eigenvalue weighted by atomic mass is 35.5. The van der Waals surface area contributed by atoms with E-state index in [1.807, 2.05) is 0 Å². The monoisotopic (exact) mass is 380 g/mol. The Morgan fingerprint density at radius 3 is 2.60 bits per heavy atom. The molecule has 2 aromatic rings. The van der Waals surface area contributed by atoms with Gasteiger partial charge in [-0.1, -0.05) is 23.2 Å². The number of amides is 2. The van der Waals surface area contributed by atoms with Gasteiger partial charge in [-0.15, -0.1) is 0 Å². The molecule has 0 fully saturated rings. The summed E-state index contributed by atoms with van der Waals surface area (Å²) in [6, 6.07) is 9.50. The van der Waals surface area contributed by atoms with Gasteiger partial charge in [0.15, 0.2) is 0 Å². The van der Waals surface area contributed by atoms with Crippen LogP contribution in [0, 0.1) is 0 Å². The zero-order chi connectivity index (χ0) is 18.2. The molecule has 2 N–H and O–H groups in total. The first-order valence-corrected chi connectivity index (χ1v) is 8.04. The van der Waals surface area contributed by atoms with E-state index in [9.17, 15) is 9.59 Å². The van der Waals surface area contributed by atoms with Crippen LogP contribution in [0.4, 0.5) is 11.4 Å². The Hall–Kier alpha value is -2.44. The normalized spacial score (nSPS) is 18.6. The molecule has 3 rings (SSSR count). The quantitative estimate of drug-likeness (QED) is 0.795. The Labute approximate surface area is 154 Å². The smallest absolute Gasteiger partial charge is 0.278 e. The van der Waals surface area contributed by atoms with Gasteiger partial charge in [-0.2, -0.15) is 0 Å². The van der Waals surface area contributed by atoms with Gasteiger partial charge >= 0.3 is 0 Å².